The van der Waals surface area contributed by atoms with Crippen LogP contribution in [0.4, 0.5) is 10.1 Å². The number of nitrogens with zero attached hydrogens (tertiary/aromatic N) is 2. The van der Waals surface area contributed by atoms with Gasteiger partial charge in [-0.15, -0.1) is 6.58 Å². The second-order valence-corrected chi connectivity index (χ2v) is 6.82. The summed E-state index contributed by atoms with van der Waals surface area (Å²) >= 11 is 0. The fourth-order valence-electron chi connectivity index (χ4n) is 3.73. The Morgan fingerprint density at radius 1 is 1.44 bits per heavy atom. The second kappa shape index (κ2) is 9.37. The molecule has 1 aliphatic carbocycles. The molecule has 0 radical (unpaired) electrons. The molecule has 0 bridgehead atoms. The number of halogens is 1. The summed E-state index contributed by atoms with van der Waals surface area (Å²) in [6, 6.07) is 6.27. The first-order valence-electron chi connectivity index (χ1n) is 9.14. The van der Waals surface area contributed by atoms with Crippen molar-refractivity contribution in [3.8, 4) is 0 Å². The number of hydrazone groups is 1. The largest absolute Gasteiger partial charge is 0.330 e. The minimum Gasteiger partial charge on any atom is -0.330 e. The molecule has 1 aromatic rings. The van der Waals surface area contributed by atoms with Crippen molar-refractivity contribution in [1.82, 2.24) is 0 Å². The highest BCUT2D eigenvalue weighted by molar-refractivity contribution is 6.28. The van der Waals surface area contributed by atoms with Crippen LogP contribution in [-0.4, -0.2) is 24.7 Å². The molecule has 144 valence electrons. The van der Waals surface area contributed by atoms with Gasteiger partial charge in [-0.25, -0.2) is 9.40 Å². The standard InChI is InChI=1S/C21H28FN5/c1-3-21(14-18(25)15-24)11-9-20(13-16(21)10-12-23)27(26-4-2)19-7-5-17(22)6-8-19/h3-9,15-16,24-25H,1,10-14,23H2,2H3/b24-15?,25-18?,26-4-. The first-order chi connectivity index (χ1) is 13.0. The molecule has 0 fully saturated rings. The summed E-state index contributed by atoms with van der Waals surface area (Å²) in [6.45, 7) is 6.41. The van der Waals surface area contributed by atoms with Crippen LogP contribution in [0.3, 0.4) is 0 Å². The predicted octanol–water partition coefficient (Wildman–Crippen LogP) is 4.51. The zero-order chi connectivity index (χ0) is 19.9. The van der Waals surface area contributed by atoms with Crippen molar-refractivity contribution in [3.63, 3.8) is 0 Å². The van der Waals surface area contributed by atoms with E-state index in [4.69, 9.17) is 16.6 Å². The predicted molar refractivity (Wildman–Crippen MR) is 111 cm³/mol. The van der Waals surface area contributed by atoms with Gasteiger partial charge in [-0.2, -0.15) is 5.10 Å². The summed E-state index contributed by atoms with van der Waals surface area (Å²) in [5.41, 5.74) is 7.69. The van der Waals surface area contributed by atoms with Crippen molar-refractivity contribution < 1.29 is 4.39 Å². The third kappa shape index (κ3) is 4.77. The van der Waals surface area contributed by atoms with Crippen LogP contribution in [0.25, 0.3) is 0 Å². The lowest BCUT2D eigenvalue weighted by Gasteiger charge is -2.43. The quantitative estimate of drug-likeness (QED) is 0.339. The highest BCUT2D eigenvalue weighted by Gasteiger charge is 2.39. The second-order valence-electron chi connectivity index (χ2n) is 6.82. The molecule has 0 amide bonds. The maximum atomic E-state index is 13.3. The Kier molecular flexibility index (Phi) is 7.19. The topological polar surface area (TPSA) is 89.3 Å². The Hall–Kier alpha value is -2.60. The lowest BCUT2D eigenvalue weighted by atomic mass is 9.64. The molecule has 0 saturated heterocycles. The lowest BCUT2D eigenvalue weighted by molar-refractivity contribution is 0.211. The van der Waals surface area contributed by atoms with Gasteiger partial charge in [0.05, 0.1) is 5.69 Å². The minimum absolute atomic E-state index is 0.190. The molecule has 1 aliphatic rings. The molecule has 2 unspecified atom stereocenters. The molecule has 6 heteroatoms. The normalized spacial score (nSPS) is 22.3. The van der Waals surface area contributed by atoms with E-state index in [0.717, 1.165) is 30.4 Å². The maximum absolute atomic E-state index is 13.3. The van der Waals surface area contributed by atoms with Gasteiger partial charge < -0.3 is 16.6 Å². The van der Waals surface area contributed by atoms with Gasteiger partial charge in [-0.3, -0.25) is 0 Å². The average molecular weight is 369 g/mol. The maximum Gasteiger partial charge on any atom is 0.123 e. The highest BCUT2D eigenvalue weighted by atomic mass is 19.1. The van der Waals surface area contributed by atoms with Crippen LogP contribution in [0.2, 0.25) is 0 Å². The van der Waals surface area contributed by atoms with E-state index in [9.17, 15) is 4.39 Å². The summed E-state index contributed by atoms with van der Waals surface area (Å²) in [7, 11) is 0. The fourth-order valence-corrected chi connectivity index (χ4v) is 3.73. The van der Waals surface area contributed by atoms with Crippen molar-refractivity contribution in [2.75, 3.05) is 11.6 Å². The van der Waals surface area contributed by atoms with E-state index < -0.39 is 0 Å². The number of nitrogens with two attached hydrogens (primary N) is 1. The molecular formula is C21H28FN5. The van der Waals surface area contributed by atoms with Crippen LogP contribution in [0.5, 0.6) is 0 Å². The SMILES string of the molecule is C=CC1(CC(=N)C=N)CC=C(N(/N=C\C)c2ccc(F)cc2)CC1CCN. The number of hydrogen-bond donors (Lipinski definition) is 3. The Balaban J connectivity index is 2.39. The van der Waals surface area contributed by atoms with E-state index in [1.807, 2.05) is 18.0 Å². The van der Waals surface area contributed by atoms with E-state index in [1.54, 1.807) is 18.3 Å². The van der Waals surface area contributed by atoms with Gasteiger partial charge in [0, 0.05) is 35.7 Å². The van der Waals surface area contributed by atoms with Crippen LogP contribution in [-0.2, 0) is 0 Å². The van der Waals surface area contributed by atoms with Gasteiger partial charge in [0.25, 0.3) is 0 Å². The molecule has 0 aliphatic heterocycles. The third-order valence-corrected chi connectivity index (χ3v) is 5.18. The van der Waals surface area contributed by atoms with Gasteiger partial charge in [0.15, 0.2) is 0 Å². The van der Waals surface area contributed by atoms with Crippen molar-refractivity contribution in [1.29, 1.82) is 10.8 Å². The van der Waals surface area contributed by atoms with Crippen LogP contribution >= 0.6 is 0 Å². The molecule has 0 heterocycles. The monoisotopic (exact) mass is 369 g/mol. The Morgan fingerprint density at radius 2 is 2.15 bits per heavy atom. The van der Waals surface area contributed by atoms with Gasteiger partial charge in [-0.1, -0.05) is 12.2 Å². The van der Waals surface area contributed by atoms with Crippen LogP contribution in [0.1, 0.15) is 32.6 Å². The van der Waals surface area contributed by atoms with E-state index >= 15 is 0 Å². The number of rotatable bonds is 9. The Bertz CT molecular complexity index is 737. The fraction of sp³-hybridized carbons (Fsp3) is 0.381. The van der Waals surface area contributed by atoms with E-state index in [2.05, 4.69) is 17.8 Å². The molecule has 1 aromatic carbocycles. The van der Waals surface area contributed by atoms with Gasteiger partial charge in [0.2, 0.25) is 0 Å². The van der Waals surface area contributed by atoms with Crippen LogP contribution in [0.15, 0.2) is 53.8 Å². The molecule has 0 saturated carbocycles. The van der Waals surface area contributed by atoms with E-state index in [1.165, 1.54) is 12.1 Å². The summed E-state index contributed by atoms with van der Waals surface area (Å²) in [4.78, 5) is 0. The van der Waals surface area contributed by atoms with Gasteiger partial charge in [0.1, 0.15) is 5.82 Å². The molecule has 2 atom stereocenters. The molecule has 0 spiro atoms. The average Bonchev–Trinajstić information content (AvgIpc) is 2.68. The molecule has 5 nitrogen and oxygen atoms in total. The van der Waals surface area contributed by atoms with E-state index in [-0.39, 0.29) is 22.9 Å². The van der Waals surface area contributed by atoms with Crippen molar-refractivity contribution in [2.24, 2.45) is 22.2 Å². The third-order valence-electron chi connectivity index (χ3n) is 5.18. The first-order valence-corrected chi connectivity index (χ1v) is 9.14. The van der Waals surface area contributed by atoms with E-state index in [0.29, 0.717) is 19.4 Å². The summed E-state index contributed by atoms with van der Waals surface area (Å²) < 4.78 is 13.3. The number of benzene rings is 1. The molecule has 27 heavy (non-hydrogen) atoms. The Morgan fingerprint density at radius 3 is 2.70 bits per heavy atom. The number of nitrogens with one attached hydrogen (secondary N) is 2. The van der Waals surface area contributed by atoms with Crippen molar-refractivity contribution in [2.45, 2.75) is 32.6 Å². The lowest BCUT2D eigenvalue weighted by Crippen LogP contribution is -2.37. The minimum atomic E-state index is -0.290. The summed E-state index contributed by atoms with van der Waals surface area (Å²) in [6.07, 6.45) is 9.53. The molecular weight excluding hydrogens is 341 g/mol. The van der Waals surface area contributed by atoms with Gasteiger partial charge in [-0.05, 0) is 62.9 Å². The summed E-state index contributed by atoms with van der Waals surface area (Å²) in [5, 5.41) is 21.6. The zero-order valence-electron chi connectivity index (χ0n) is 15.8. The zero-order valence-corrected chi connectivity index (χ0v) is 15.8. The Labute approximate surface area is 160 Å². The number of anilines is 1. The van der Waals surface area contributed by atoms with Crippen molar-refractivity contribution in [3.05, 3.63) is 54.5 Å². The molecule has 2 rings (SSSR count). The first kappa shape index (κ1) is 20.7. The molecule has 4 N–H and O–H groups in total. The smallest absolute Gasteiger partial charge is 0.123 e. The molecule has 0 aromatic heterocycles. The van der Waals surface area contributed by atoms with Crippen molar-refractivity contribution >= 4 is 23.8 Å². The van der Waals surface area contributed by atoms with Gasteiger partial charge >= 0.3 is 0 Å². The number of hydrogen-bond acceptors (Lipinski definition) is 5. The summed E-state index contributed by atoms with van der Waals surface area (Å²) in [5.74, 6) is -0.0936. The van der Waals surface area contributed by atoms with Crippen LogP contribution in [0, 0.1) is 28.0 Å². The number of allylic oxidation sites excluding steroid dienone is 3. The van der Waals surface area contributed by atoms with Crippen LogP contribution < -0.4 is 10.7 Å². The highest BCUT2D eigenvalue weighted by Crippen LogP contribution is 2.47.